The maximum absolute atomic E-state index is 12.1. The van der Waals surface area contributed by atoms with Crippen molar-refractivity contribution in [3.05, 3.63) is 64.8 Å². The van der Waals surface area contributed by atoms with Crippen LogP contribution in [0.1, 0.15) is 17.5 Å². The average Bonchev–Trinajstić information content (AvgIpc) is 2.83. The molecule has 0 spiro atoms. The molecule has 3 atom stereocenters. The molecule has 0 radical (unpaired) electrons. The Morgan fingerprint density at radius 2 is 1.88 bits per heavy atom. The Bertz CT molecular complexity index is 1030. The fourth-order valence-corrected chi connectivity index (χ4v) is 3.80. The molecular formula is C25H33ClN4O4. The van der Waals surface area contributed by atoms with Crippen molar-refractivity contribution >= 4 is 23.8 Å². The summed E-state index contributed by atoms with van der Waals surface area (Å²) in [5, 5.41) is 23.1. The van der Waals surface area contributed by atoms with Crippen LogP contribution < -0.4 is 16.8 Å². The molecule has 2 rings (SSSR count). The zero-order valence-electron chi connectivity index (χ0n) is 19.5. The van der Waals surface area contributed by atoms with E-state index in [0.717, 1.165) is 28.5 Å². The second kappa shape index (κ2) is 12.5. The van der Waals surface area contributed by atoms with Crippen molar-refractivity contribution < 1.29 is 19.8 Å². The molecule has 2 aromatic carbocycles. The van der Waals surface area contributed by atoms with Crippen LogP contribution in [0.4, 0.5) is 0 Å². The zero-order chi connectivity index (χ0) is 25.4. The van der Waals surface area contributed by atoms with E-state index in [2.05, 4.69) is 11.9 Å². The summed E-state index contributed by atoms with van der Waals surface area (Å²) in [6, 6.07) is 9.60. The Morgan fingerprint density at radius 3 is 2.47 bits per heavy atom. The van der Waals surface area contributed by atoms with Crippen molar-refractivity contribution in [1.29, 1.82) is 0 Å². The number of hydrogen-bond acceptors (Lipinski definition) is 7. The number of carbonyl (C=O) groups excluding carboxylic acids is 2. The van der Waals surface area contributed by atoms with E-state index in [9.17, 15) is 19.8 Å². The van der Waals surface area contributed by atoms with Crippen molar-refractivity contribution in [1.82, 2.24) is 10.2 Å². The molecule has 0 unspecified atom stereocenters. The molecule has 8 nitrogen and oxygen atoms in total. The number of nitrogens with two attached hydrogens (primary N) is 2. The third-order valence-electron chi connectivity index (χ3n) is 5.82. The summed E-state index contributed by atoms with van der Waals surface area (Å²) in [6.07, 6.45) is 0.357. The van der Waals surface area contributed by atoms with Crippen LogP contribution >= 0.6 is 11.6 Å². The lowest BCUT2D eigenvalue weighted by Crippen LogP contribution is -2.48. The molecule has 7 N–H and O–H groups in total. The van der Waals surface area contributed by atoms with Gasteiger partial charge in [-0.15, -0.1) is 0 Å². The van der Waals surface area contributed by atoms with Gasteiger partial charge in [0.1, 0.15) is 12.0 Å². The molecule has 0 saturated heterocycles. The summed E-state index contributed by atoms with van der Waals surface area (Å²) >= 11 is 6.45. The molecule has 0 heterocycles. The molecule has 34 heavy (non-hydrogen) atoms. The number of likely N-dealkylation sites (N-methyl/N-ethyl adjacent to an activating group) is 1. The number of phenolic OH excluding ortho intramolecular Hbond substituents is 1. The van der Waals surface area contributed by atoms with Crippen LogP contribution in [0.3, 0.4) is 0 Å². The van der Waals surface area contributed by atoms with Crippen LogP contribution in [0.2, 0.25) is 5.02 Å². The number of aliphatic hydroxyl groups excluding tert-OH is 1. The van der Waals surface area contributed by atoms with E-state index < -0.39 is 24.1 Å². The first kappa shape index (κ1) is 27.3. The predicted octanol–water partition coefficient (Wildman–Crippen LogP) is 1.73. The monoisotopic (exact) mass is 488 g/mol. The van der Waals surface area contributed by atoms with Crippen molar-refractivity contribution in [3.8, 4) is 16.9 Å². The average molecular weight is 489 g/mol. The number of aromatic hydroxyl groups is 1. The molecule has 0 saturated carbocycles. The lowest BCUT2D eigenvalue weighted by atomic mass is 9.97. The molecule has 0 aliphatic rings. The van der Waals surface area contributed by atoms with Gasteiger partial charge in [-0.1, -0.05) is 30.3 Å². The van der Waals surface area contributed by atoms with E-state index >= 15 is 0 Å². The number of phenols is 1. The molecule has 1 amide bonds. The number of hydrogen-bond donors (Lipinski definition) is 5. The van der Waals surface area contributed by atoms with Crippen LogP contribution in [-0.4, -0.2) is 65.6 Å². The summed E-state index contributed by atoms with van der Waals surface area (Å²) < 4.78 is 0. The number of halogens is 1. The molecule has 0 fully saturated rings. The fraction of sp³-hybridized carbons (Fsp3) is 0.360. The number of carbonyl (C=O) groups is 2. The standard InChI is InChI=1S/C25H33ClN4O4/c1-15-8-17(5-7-24(15)33)18-4-6-22(26)19(9-18)10-20(14-31)30(3)16(2)23(11-21(32)12-27)29-25(34)13-28/h4-9,14,20-21,23,32-33H,2,10-13,27-28H2,1,3H3,(H,29,34)/t20-,21+,23-/m0/s1. The third-order valence-corrected chi connectivity index (χ3v) is 6.18. The summed E-state index contributed by atoms with van der Waals surface area (Å²) in [7, 11) is 1.69. The highest BCUT2D eigenvalue weighted by atomic mass is 35.5. The quantitative estimate of drug-likeness (QED) is 0.286. The lowest BCUT2D eigenvalue weighted by Gasteiger charge is -2.34. The molecule has 0 aromatic heterocycles. The minimum atomic E-state index is -0.859. The number of aryl methyl sites for hydroxylation is 1. The first-order valence-corrected chi connectivity index (χ1v) is 11.3. The van der Waals surface area contributed by atoms with Gasteiger partial charge >= 0.3 is 0 Å². The summed E-state index contributed by atoms with van der Waals surface area (Å²) in [5.74, 6) is -0.193. The van der Waals surface area contributed by atoms with Gasteiger partial charge in [-0.2, -0.15) is 0 Å². The minimum Gasteiger partial charge on any atom is -0.508 e. The smallest absolute Gasteiger partial charge is 0.234 e. The van der Waals surface area contributed by atoms with Crippen molar-refractivity contribution in [2.45, 2.75) is 38.0 Å². The van der Waals surface area contributed by atoms with Crippen LogP contribution in [0.5, 0.6) is 5.75 Å². The first-order chi connectivity index (χ1) is 16.1. The number of aldehydes is 1. The maximum Gasteiger partial charge on any atom is 0.234 e. The highest BCUT2D eigenvalue weighted by Gasteiger charge is 2.25. The second-order valence-electron chi connectivity index (χ2n) is 8.27. The third kappa shape index (κ3) is 7.04. The molecule has 184 valence electrons. The van der Waals surface area contributed by atoms with Crippen LogP contribution in [0.25, 0.3) is 11.1 Å². The van der Waals surface area contributed by atoms with Gasteiger partial charge in [-0.05, 0) is 53.4 Å². The van der Waals surface area contributed by atoms with Crippen molar-refractivity contribution in [2.24, 2.45) is 11.5 Å². The first-order valence-electron chi connectivity index (χ1n) is 10.9. The Hall–Kier alpha value is -2.91. The number of rotatable bonds is 12. The number of nitrogens with zero attached hydrogens (tertiary/aromatic N) is 1. The Morgan fingerprint density at radius 1 is 1.24 bits per heavy atom. The van der Waals surface area contributed by atoms with E-state index in [1.807, 2.05) is 31.2 Å². The van der Waals surface area contributed by atoms with E-state index in [1.54, 1.807) is 24.1 Å². The van der Waals surface area contributed by atoms with E-state index in [0.29, 0.717) is 17.1 Å². The Balaban J connectivity index is 2.28. The van der Waals surface area contributed by atoms with Gasteiger partial charge in [-0.25, -0.2) is 0 Å². The molecule has 9 heteroatoms. The fourth-order valence-electron chi connectivity index (χ4n) is 3.61. The Labute approximate surface area is 205 Å². The minimum absolute atomic E-state index is 0.0161. The topological polar surface area (TPSA) is 142 Å². The van der Waals surface area contributed by atoms with Gasteiger partial charge in [0.15, 0.2) is 0 Å². The zero-order valence-corrected chi connectivity index (χ0v) is 20.3. The van der Waals surface area contributed by atoms with Gasteiger partial charge in [0.25, 0.3) is 0 Å². The van der Waals surface area contributed by atoms with Crippen molar-refractivity contribution in [2.75, 3.05) is 20.1 Å². The predicted molar refractivity (Wildman–Crippen MR) is 134 cm³/mol. The second-order valence-corrected chi connectivity index (χ2v) is 8.67. The van der Waals surface area contributed by atoms with E-state index in [-0.39, 0.29) is 25.3 Å². The largest absolute Gasteiger partial charge is 0.508 e. The summed E-state index contributed by atoms with van der Waals surface area (Å²) in [5.41, 5.74) is 14.7. The van der Waals surface area contributed by atoms with Crippen molar-refractivity contribution in [3.63, 3.8) is 0 Å². The number of aliphatic hydroxyl groups is 1. The molecule has 0 bridgehead atoms. The van der Waals surface area contributed by atoms with E-state index in [1.165, 1.54) is 0 Å². The van der Waals surface area contributed by atoms with E-state index in [4.69, 9.17) is 23.1 Å². The molecule has 0 aliphatic carbocycles. The SMILES string of the molecule is C=C([C@H](C[C@@H](O)CN)NC(=O)CN)N(C)[C@H](C=O)Cc1cc(-c2ccc(O)c(C)c2)ccc1Cl. The van der Waals surface area contributed by atoms with Gasteiger partial charge in [0.05, 0.1) is 24.7 Å². The molecule has 2 aromatic rings. The van der Waals surface area contributed by atoms with Gasteiger partial charge in [-0.3, -0.25) is 4.79 Å². The maximum atomic E-state index is 12.1. The lowest BCUT2D eigenvalue weighted by molar-refractivity contribution is -0.120. The normalized spacial score (nSPS) is 13.6. The van der Waals surface area contributed by atoms with Gasteiger partial charge in [0, 0.05) is 37.2 Å². The summed E-state index contributed by atoms with van der Waals surface area (Å²) in [6.45, 7) is 5.66. The van der Waals surface area contributed by atoms with Gasteiger partial charge in [0.2, 0.25) is 5.91 Å². The number of amides is 1. The number of benzene rings is 2. The van der Waals surface area contributed by atoms with Crippen LogP contribution in [0, 0.1) is 6.92 Å². The Kier molecular flexibility index (Phi) is 10.1. The van der Waals surface area contributed by atoms with Crippen LogP contribution in [-0.2, 0) is 16.0 Å². The summed E-state index contributed by atoms with van der Waals surface area (Å²) in [4.78, 5) is 25.6. The highest BCUT2D eigenvalue weighted by Crippen LogP contribution is 2.30. The van der Waals surface area contributed by atoms with Gasteiger partial charge < -0.3 is 36.7 Å². The number of nitrogens with one attached hydrogen (secondary N) is 1. The van der Waals surface area contributed by atoms with Crippen LogP contribution in [0.15, 0.2) is 48.7 Å². The molecule has 0 aliphatic heterocycles. The highest BCUT2D eigenvalue weighted by molar-refractivity contribution is 6.31. The molecular weight excluding hydrogens is 456 g/mol.